The summed E-state index contributed by atoms with van der Waals surface area (Å²) in [4.78, 5) is 9.00. The van der Waals surface area contributed by atoms with Gasteiger partial charge in [-0.2, -0.15) is 5.10 Å². The second kappa shape index (κ2) is 8.48. The van der Waals surface area contributed by atoms with Crippen molar-refractivity contribution in [2.45, 2.75) is 6.92 Å². The summed E-state index contributed by atoms with van der Waals surface area (Å²) < 4.78 is 1.95. The van der Waals surface area contributed by atoms with E-state index in [4.69, 9.17) is 33.0 Å². The first kappa shape index (κ1) is 17.3. The van der Waals surface area contributed by atoms with Crippen molar-refractivity contribution in [2.75, 3.05) is 0 Å². The largest absolute Gasteiger partial charge is 0.481 e. The third kappa shape index (κ3) is 6.10. The van der Waals surface area contributed by atoms with Gasteiger partial charge in [-0.15, -0.1) is 5.10 Å². The summed E-state index contributed by atoms with van der Waals surface area (Å²) in [6.45, 7) is 1.08. The van der Waals surface area contributed by atoms with Crippen LogP contribution in [0.3, 0.4) is 0 Å². The van der Waals surface area contributed by atoms with Gasteiger partial charge in [-0.05, 0) is 36.4 Å². The van der Waals surface area contributed by atoms with Crippen LogP contribution in [0.4, 0.5) is 0 Å². The normalized spacial score (nSPS) is 9.91. The van der Waals surface area contributed by atoms with Crippen molar-refractivity contribution < 1.29 is 9.90 Å². The fourth-order valence-electron chi connectivity index (χ4n) is 1.49. The molecule has 7 nitrogen and oxygen atoms in total. The highest BCUT2D eigenvalue weighted by Gasteiger charge is 2.00. The van der Waals surface area contributed by atoms with E-state index in [1.54, 1.807) is 6.21 Å². The lowest BCUT2D eigenvalue weighted by molar-refractivity contribution is -0.134. The lowest BCUT2D eigenvalue weighted by Gasteiger charge is -2.05. The third-order valence-electron chi connectivity index (χ3n) is 2.25. The molecular formula is C14H16ClN5O2. The van der Waals surface area contributed by atoms with Crippen LogP contribution in [-0.2, 0) is 4.79 Å². The van der Waals surface area contributed by atoms with E-state index in [0.29, 0.717) is 5.02 Å². The molecule has 22 heavy (non-hydrogen) atoms. The average Bonchev–Trinajstić information content (AvgIpc) is 2.87. The summed E-state index contributed by atoms with van der Waals surface area (Å²) in [7, 11) is 0. The summed E-state index contributed by atoms with van der Waals surface area (Å²) in [5, 5.41) is 15.5. The quantitative estimate of drug-likeness (QED) is 0.453. The third-order valence-corrected chi connectivity index (χ3v) is 2.50. The molecule has 0 radical (unpaired) electrons. The molecule has 8 heteroatoms. The summed E-state index contributed by atoms with van der Waals surface area (Å²) >= 11 is 5.85. The van der Waals surface area contributed by atoms with Gasteiger partial charge in [0.05, 0.1) is 11.9 Å². The zero-order valence-electron chi connectivity index (χ0n) is 11.8. The van der Waals surface area contributed by atoms with Gasteiger partial charge in [0.1, 0.15) is 0 Å². The molecule has 1 aromatic carbocycles. The van der Waals surface area contributed by atoms with E-state index in [1.807, 2.05) is 47.2 Å². The molecule has 2 aromatic rings. The number of nitrogens with two attached hydrogens (primary N) is 2. The van der Waals surface area contributed by atoms with Crippen LogP contribution in [-0.4, -0.2) is 27.8 Å². The van der Waals surface area contributed by atoms with Crippen LogP contribution in [0.2, 0.25) is 5.02 Å². The maximum Gasteiger partial charge on any atom is 0.300 e. The smallest absolute Gasteiger partial charge is 0.300 e. The fraction of sp³-hybridized carbons (Fsp3) is 0.0714. The number of carboxylic acids is 1. The number of halogens is 1. The second-order valence-electron chi connectivity index (χ2n) is 4.07. The molecule has 1 aromatic heterocycles. The predicted molar refractivity (Wildman–Crippen MR) is 87.5 cm³/mol. The van der Waals surface area contributed by atoms with Gasteiger partial charge in [-0.1, -0.05) is 11.6 Å². The van der Waals surface area contributed by atoms with Crippen LogP contribution >= 0.6 is 11.6 Å². The van der Waals surface area contributed by atoms with Crippen LogP contribution in [0.25, 0.3) is 5.69 Å². The predicted octanol–water partition coefficient (Wildman–Crippen LogP) is 1.83. The number of nitrogens with zero attached hydrogens (tertiary/aromatic N) is 3. The number of guanidine groups is 1. The molecule has 1 heterocycles. The van der Waals surface area contributed by atoms with E-state index in [2.05, 4.69) is 10.2 Å². The van der Waals surface area contributed by atoms with Gasteiger partial charge in [0.2, 0.25) is 5.96 Å². The second-order valence-corrected chi connectivity index (χ2v) is 4.50. The number of hydrogen-bond donors (Lipinski definition) is 3. The van der Waals surface area contributed by atoms with Gasteiger partial charge in [0.15, 0.2) is 0 Å². The van der Waals surface area contributed by atoms with Crippen LogP contribution in [0.15, 0.2) is 52.8 Å². The lowest BCUT2D eigenvalue weighted by atomic mass is 10.3. The van der Waals surface area contributed by atoms with Gasteiger partial charge in [-0.3, -0.25) is 4.79 Å². The first-order chi connectivity index (χ1) is 10.4. The highest BCUT2D eigenvalue weighted by atomic mass is 35.5. The van der Waals surface area contributed by atoms with E-state index < -0.39 is 5.97 Å². The van der Waals surface area contributed by atoms with Crippen LogP contribution in [0.1, 0.15) is 12.6 Å². The Hall–Kier alpha value is -2.80. The number of hydrogen-bond acceptors (Lipinski definition) is 3. The number of aromatic nitrogens is 1. The van der Waals surface area contributed by atoms with Crippen molar-refractivity contribution in [3.05, 3.63) is 53.3 Å². The number of rotatable bonds is 3. The van der Waals surface area contributed by atoms with Gasteiger partial charge in [-0.25, -0.2) is 0 Å². The Morgan fingerprint density at radius 2 is 1.86 bits per heavy atom. The summed E-state index contributed by atoms with van der Waals surface area (Å²) in [6, 6.07) is 11.3. The molecule has 5 N–H and O–H groups in total. The minimum Gasteiger partial charge on any atom is -0.481 e. The molecule has 0 aliphatic carbocycles. The van der Waals surface area contributed by atoms with E-state index in [9.17, 15) is 0 Å². The first-order valence-corrected chi connectivity index (χ1v) is 6.52. The van der Waals surface area contributed by atoms with Crippen molar-refractivity contribution >= 4 is 29.7 Å². The van der Waals surface area contributed by atoms with Gasteiger partial charge >= 0.3 is 0 Å². The Morgan fingerprint density at radius 1 is 1.27 bits per heavy atom. The Kier molecular flexibility index (Phi) is 6.65. The Morgan fingerprint density at radius 3 is 2.41 bits per heavy atom. The van der Waals surface area contributed by atoms with E-state index in [0.717, 1.165) is 18.3 Å². The van der Waals surface area contributed by atoms with E-state index in [-0.39, 0.29) is 5.96 Å². The van der Waals surface area contributed by atoms with Gasteiger partial charge in [0.25, 0.3) is 5.97 Å². The SMILES string of the molecule is CC(=O)O.NC(N)=N/N=[14CH]\c1cccn1-c1ccc(Cl)cc1. The van der Waals surface area contributed by atoms with Crippen molar-refractivity contribution in [1.82, 2.24) is 4.57 Å². The summed E-state index contributed by atoms with van der Waals surface area (Å²) in [5.41, 5.74) is 12.2. The van der Waals surface area contributed by atoms with Crippen LogP contribution < -0.4 is 11.5 Å². The van der Waals surface area contributed by atoms with E-state index >= 15 is 0 Å². The molecule has 0 saturated carbocycles. The van der Waals surface area contributed by atoms with Crippen molar-refractivity contribution in [3.63, 3.8) is 0 Å². The van der Waals surface area contributed by atoms with E-state index in [1.165, 1.54) is 0 Å². The topological polar surface area (TPSA) is 119 Å². The van der Waals surface area contributed by atoms with Crippen LogP contribution in [0, 0.1) is 0 Å². The van der Waals surface area contributed by atoms with Gasteiger partial charge in [0, 0.05) is 23.8 Å². The molecule has 0 amide bonds. The monoisotopic (exact) mass is 323 g/mol. The molecule has 0 aliphatic rings. The molecule has 0 bridgehead atoms. The molecule has 0 spiro atoms. The standard InChI is InChI=1S/C12H12ClN5.C2H4O2/c13-9-3-5-10(6-4-9)18-7-1-2-11(18)8-16-17-12(14)15;1-2(3)4/h1-8H,(H4,14,15,17);1H3,(H,3,4)/b16-8-;/i8+2;. The minimum atomic E-state index is -0.833. The van der Waals surface area contributed by atoms with Crippen LogP contribution in [0.5, 0.6) is 0 Å². The minimum absolute atomic E-state index is 0.0733. The Balaban J connectivity index is 0.000000541. The van der Waals surface area contributed by atoms with Crippen molar-refractivity contribution in [1.29, 1.82) is 0 Å². The number of carbonyl (C=O) groups is 1. The highest BCUT2D eigenvalue weighted by Crippen LogP contribution is 2.15. The first-order valence-electron chi connectivity index (χ1n) is 6.15. The Bertz CT molecular complexity index is 669. The summed E-state index contributed by atoms with van der Waals surface area (Å²) in [6.07, 6.45) is 3.49. The van der Waals surface area contributed by atoms with Crippen molar-refractivity contribution in [3.8, 4) is 5.69 Å². The number of benzene rings is 1. The summed E-state index contributed by atoms with van der Waals surface area (Å²) in [5.74, 6) is -0.907. The molecule has 116 valence electrons. The molecule has 0 aliphatic heterocycles. The fourth-order valence-corrected chi connectivity index (χ4v) is 1.62. The maximum atomic E-state index is 9.00. The molecule has 0 fully saturated rings. The lowest BCUT2D eigenvalue weighted by Crippen LogP contribution is -2.21. The highest BCUT2D eigenvalue weighted by molar-refractivity contribution is 6.30. The van der Waals surface area contributed by atoms with Gasteiger partial charge < -0.3 is 21.1 Å². The molecule has 2 rings (SSSR count). The molecular weight excluding hydrogens is 308 g/mol. The zero-order valence-corrected chi connectivity index (χ0v) is 12.6. The molecule has 0 atom stereocenters. The Labute approximate surface area is 132 Å². The van der Waals surface area contributed by atoms with Crippen molar-refractivity contribution in [2.24, 2.45) is 21.7 Å². The maximum absolute atomic E-state index is 9.00. The number of aliphatic carboxylic acids is 1. The average molecular weight is 324 g/mol. The molecule has 0 saturated heterocycles. The molecule has 0 unspecified atom stereocenters. The zero-order chi connectivity index (χ0) is 16.5. The number of carboxylic acid groups (broad SMARTS) is 1.